The van der Waals surface area contributed by atoms with Crippen molar-refractivity contribution in [2.45, 2.75) is 12.1 Å². The molecule has 1 unspecified atom stereocenters. The van der Waals surface area contributed by atoms with Gasteiger partial charge >= 0.3 is 6.18 Å². The van der Waals surface area contributed by atoms with Gasteiger partial charge in [-0.1, -0.05) is 34.1 Å². The Hall–Kier alpha value is -0.260. The first-order valence-electron chi connectivity index (χ1n) is 4.89. The number of alkyl halides is 4. The summed E-state index contributed by atoms with van der Waals surface area (Å²) in [5.41, 5.74) is 0.852. The van der Waals surface area contributed by atoms with Crippen LogP contribution in [0.4, 0.5) is 13.2 Å². The Morgan fingerprint density at radius 2 is 1.94 bits per heavy atom. The number of benzene rings is 1. The fourth-order valence-corrected chi connectivity index (χ4v) is 2.20. The van der Waals surface area contributed by atoms with E-state index >= 15 is 0 Å². The van der Waals surface area contributed by atoms with Gasteiger partial charge in [-0.05, 0) is 11.6 Å². The molecule has 0 saturated heterocycles. The van der Waals surface area contributed by atoms with Gasteiger partial charge in [-0.15, -0.1) is 11.6 Å². The third-order valence-electron chi connectivity index (χ3n) is 2.12. The van der Waals surface area contributed by atoms with Crippen LogP contribution in [0.25, 0.3) is 0 Å². The molecule has 0 radical (unpaired) electrons. The van der Waals surface area contributed by atoms with Gasteiger partial charge in [0, 0.05) is 16.3 Å². The molecule has 6 heteroatoms. The molecule has 96 valence electrons. The average Bonchev–Trinajstić information content (AvgIpc) is 2.24. The minimum Gasteiger partial charge on any atom is -0.371 e. The van der Waals surface area contributed by atoms with Crippen molar-refractivity contribution in [2.75, 3.05) is 19.1 Å². The van der Waals surface area contributed by atoms with Gasteiger partial charge in [0.1, 0.15) is 6.61 Å². The summed E-state index contributed by atoms with van der Waals surface area (Å²) in [6.45, 7) is -1.30. The Labute approximate surface area is 111 Å². The molecular weight excluding hydrogens is 320 g/mol. The molecule has 0 saturated carbocycles. The standard InChI is InChI=1S/C11H11BrClF3O/c12-10-4-2-1-3-9(10)8(5-13)6-17-7-11(14,15)16/h1-4,8H,5-7H2. The number of ether oxygens (including phenoxy) is 1. The van der Waals surface area contributed by atoms with Crippen LogP contribution in [0, 0.1) is 0 Å². The van der Waals surface area contributed by atoms with E-state index in [1.807, 2.05) is 24.3 Å². The lowest BCUT2D eigenvalue weighted by molar-refractivity contribution is -0.174. The highest BCUT2D eigenvalue weighted by Gasteiger charge is 2.28. The van der Waals surface area contributed by atoms with Crippen molar-refractivity contribution in [1.82, 2.24) is 0 Å². The van der Waals surface area contributed by atoms with E-state index in [2.05, 4.69) is 20.7 Å². The van der Waals surface area contributed by atoms with Crippen LogP contribution >= 0.6 is 27.5 Å². The molecular formula is C11H11BrClF3O. The zero-order valence-electron chi connectivity index (χ0n) is 8.81. The highest BCUT2D eigenvalue weighted by molar-refractivity contribution is 9.10. The summed E-state index contributed by atoms with van der Waals surface area (Å²) < 4.78 is 41.2. The largest absolute Gasteiger partial charge is 0.411 e. The van der Waals surface area contributed by atoms with E-state index in [9.17, 15) is 13.2 Å². The molecule has 0 aliphatic rings. The summed E-state index contributed by atoms with van der Waals surface area (Å²) >= 11 is 9.07. The summed E-state index contributed by atoms with van der Waals surface area (Å²) in [6.07, 6.45) is -4.30. The van der Waals surface area contributed by atoms with Crippen molar-refractivity contribution < 1.29 is 17.9 Å². The second-order valence-corrected chi connectivity index (χ2v) is 4.67. The lowest BCUT2D eigenvalue weighted by Gasteiger charge is -2.17. The van der Waals surface area contributed by atoms with Crippen molar-refractivity contribution >= 4 is 27.5 Å². The van der Waals surface area contributed by atoms with Crippen LogP contribution in [-0.4, -0.2) is 25.3 Å². The third kappa shape index (κ3) is 5.27. The lowest BCUT2D eigenvalue weighted by atomic mass is 10.0. The molecule has 1 rings (SSSR count). The van der Waals surface area contributed by atoms with Gasteiger partial charge in [0.05, 0.1) is 6.61 Å². The van der Waals surface area contributed by atoms with Crippen LogP contribution in [0.15, 0.2) is 28.7 Å². The summed E-state index contributed by atoms with van der Waals surface area (Å²) in [6, 6.07) is 7.27. The number of rotatable bonds is 5. The third-order valence-corrected chi connectivity index (χ3v) is 3.21. The lowest BCUT2D eigenvalue weighted by Crippen LogP contribution is -2.20. The molecule has 0 aliphatic heterocycles. The maximum Gasteiger partial charge on any atom is 0.411 e. The van der Waals surface area contributed by atoms with E-state index < -0.39 is 12.8 Å². The fraction of sp³-hybridized carbons (Fsp3) is 0.455. The zero-order chi connectivity index (χ0) is 12.9. The minimum absolute atomic E-state index is 0.0500. The summed E-state index contributed by atoms with van der Waals surface area (Å²) in [5, 5.41) is 0. The predicted molar refractivity (Wildman–Crippen MR) is 64.5 cm³/mol. The zero-order valence-corrected chi connectivity index (χ0v) is 11.1. The minimum atomic E-state index is -4.30. The fourth-order valence-electron chi connectivity index (χ4n) is 1.34. The molecule has 0 bridgehead atoms. The molecule has 0 aliphatic carbocycles. The van der Waals surface area contributed by atoms with Gasteiger partial charge in [0.2, 0.25) is 0 Å². The van der Waals surface area contributed by atoms with Crippen molar-refractivity contribution in [3.05, 3.63) is 34.3 Å². The number of hydrogen-bond donors (Lipinski definition) is 0. The normalized spacial score (nSPS) is 13.7. The quantitative estimate of drug-likeness (QED) is 0.729. The number of halogens is 5. The van der Waals surface area contributed by atoms with E-state index in [4.69, 9.17) is 11.6 Å². The summed E-state index contributed by atoms with van der Waals surface area (Å²) in [5.74, 6) is -0.0462. The molecule has 0 spiro atoms. The maximum atomic E-state index is 11.9. The maximum absolute atomic E-state index is 11.9. The smallest absolute Gasteiger partial charge is 0.371 e. The van der Waals surface area contributed by atoms with E-state index in [0.717, 1.165) is 10.0 Å². The second kappa shape index (κ2) is 6.61. The van der Waals surface area contributed by atoms with Gasteiger partial charge in [-0.3, -0.25) is 0 Å². The van der Waals surface area contributed by atoms with Crippen molar-refractivity contribution in [1.29, 1.82) is 0 Å². The molecule has 1 atom stereocenters. The highest BCUT2D eigenvalue weighted by atomic mass is 79.9. The van der Waals surface area contributed by atoms with Gasteiger partial charge in [0.15, 0.2) is 0 Å². The van der Waals surface area contributed by atoms with Crippen molar-refractivity contribution in [3.63, 3.8) is 0 Å². The van der Waals surface area contributed by atoms with E-state index in [1.54, 1.807) is 0 Å². The van der Waals surface area contributed by atoms with Gasteiger partial charge < -0.3 is 4.74 Å². The number of hydrogen-bond acceptors (Lipinski definition) is 1. The van der Waals surface area contributed by atoms with Gasteiger partial charge in [-0.2, -0.15) is 13.2 Å². The monoisotopic (exact) mass is 330 g/mol. The molecule has 17 heavy (non-hydrogen) atoms. The first-order chi connectivity index (χ1) is 7.94. The Bertz CT molecular complexity index is 357. The first kappa shape index (κ1) is 14.8. The Morgan fingerprint density at radius 3 is 2.47 bits per heavy atom. The Morgan fingerprint density at radius 1 is 1.29 bits per heavy atom. The molecule has 1 nitrogen and oxygen atoms in total. The Kier molecular flexibility index (Phi) is 5.76. The second-order valence-electron chi connectivity index (χ2n) is 3.50. The molecule has 1 aromatic rings. The molecule has 0 fully saturated rings. The average molecular weight is 332 g/mol. The van der Waals surface area contributed by atoms with Crippen LogP contribution in [0.1, 0.15) is 11.5 Å². The summed E-state index contributed by atoms with van der Waals surface area (Å²) in [4.78, 5) is 0. The van der Waals surface area contributed by atoms with Crippen LogP contribution in [0.5, 0.6) is 0 Å². The molecule has 0 N–H and O–H groups in total. The van der Waals surface area contributed by atoms with Crippen molar-refractivity contribution in [3.8, 4) is 0 Å². The van der Waals surface area contributed by atoms with Crippen LogP contribution in [-0.2, 0) is 4.74 Å². The van der Waals surface area contributed by atoms with Gasteiger partial charge in [-0.25, -0.2) is 0 Å². The predicted octanol–water partition coefficient (Wildman–Crippen LogP) is 4.35. The SMILES string of the molecule is FC(F)(F)COCC(CCl)c1ccccc1Br. The summed E-state index contributed by atoms with van der Waals surface area (Å²) in [7, 11) is 0. The molecule has 0 heterocycles. The van der Waals surface area contributed by atoms with Crippen LogP contribution in [0.2, 0.25) is 0 Å². The molecule has 1 aromatic carbocycles. The van der Waals surface area contributed by atoms with Crippen LogP contribution in [0.3, 0.4) is 0 Å². The van der Waals surface area contributed by atoms with E-state index in [-0.39, 0.29) is 18.4 Å². The van der Waals surface area contributed by atoms with Crippen LogP contribution < -0.4 is 0 Å². The van der Waals surface area contributed by atoms with E-state index in [1.165, 1.54) is 0 Å². The van der Waals surface area contributed by atoms with Crippen molar-refractivity contribution in [2.24, 2.45) is 0 Å². The molecule has 0 aromatic heterocycles. The molecule has 0 amide bonds. The van der Waals surface area contributed by atoms with Gasteiger partial charge in [0.25, 0.3) is 0 Å². The Balaban J connectivity index is 2.58. The topological polar surface area (TPSA) is 9.23 Å². The first-order valence-corrected chi connectivity index (χ1v) is 6.21. The van der Waals surface area contributed by atoms with E-state index in [0.29, 0.717) is 0 Å². The highest BCUT2D eigenvalue weighted by Crippen LogP contribution is 2.26.